The average molecular weight is 255 g/mol. The minimum absolute atomic E-state index is 0.0437. The molecule has 1 saturated carbocycles. The predicted molar refractivity (Wildman–Crippen MR) is 69.5 cm³/mol. The minimum Gasteiger partial charge on any atom is -0.496 e. The summed E-state index contributed by atoms with van der Waals surface area (Å²) in [6.45, 7) is 2.14. The summed E-state index contributed by atoms with van der Waals surface area (Å²) < 4.78 is 5.31. The maximum Gasteiger partial charge on any atom is 0.124 e. The molecule has 1 fully saturated rings. The van der Waals surface area contributed by atoms with Crippen LogP contribution in [0.5, 0.6) is 5.75 Å². The average Bonchev–Trinajstić information content (AvgIpc) is 2.76. The van der Waals surface area contributed by atoms with Crippen LogP contribution in [-0.2, 0) is 0 Å². The Bertz CT molecular complexity index is 397. The molecule has 1 aromatic carbocycles. The molecule has 0 spiro atoms. The van der Waals surface area contributed by atoms with Gasteiger partial charge in [0.1, 0.15) is 5.75 Å². The Hall–Kier alpha value is -0.730. The van der Waals surface area contributed by atoms with Crippen molar-refractivity contribution in [1.82, 2.24) is 0 Å². The highest BCUT2D eigenvalue weighted by molar-refractivity contribution is 6.30. The van der Waals surface area contributed by atoms with Gasteiger partial charge in [-0.3, -0.25) is 0 Å². The number of hydrogen-bond donors (Lipinski definition) is 1. The standard InChI is InChI=1S/C14H19ClO2/c1-14(7-3-4-8-14)13(16)11-9-10(15)5-6-12(11)17-2/h5-6,9,13,16H,3-4,7-8H2,1-2H3. The van der Waals surface area contributed by atoms with Crippen LogP contribution in [0.1, 0.15) is 44.3 Å². The number of aliphatic hydroxyl groups excluding tert-OH is 1. The molecule has 0 heterocycles. The van der Waals surface area contributed by atoms with Gasteiger partial charge in [0.25, 0.3) is 0 Å². The highest BCUT2D eigenvalue weighted by Gasteiger charge is 2.38. The van der Waals surface area contributed by atoms with Crippen LogP contribution in [0.2, 0.25) is 5.02 Å². The molecule has 1 N–H and O–H groups in total. The van der Waals surface area contributed by atoms with Crippen LogP contribution in [0.15, 0.2) is 18.2 Å². The molecular weight excluding hydrogens is 236 g/mol. The molecule has 0 amide bonds. The maximum atomic E-state index is 10.6. The lowest BCUT2D eigenvalue weighted by Crippen LogP contribution is -2.22. The number of benzene rings is 1. The first kappa shape index (κ1) is 12.7. The molecule has 0 bridgehead atoms. The van der Waals surface area contributed by atoms with Crippen molar-refractivity contribution >= 4 is 11.6 Å². The summed E-state index contributed by atoms with van der Waals surface area (Å²) in [6, 6.07) is 5.42. The van der Waals surface area contributed by atoms with Crippen LogP contribution in [-0.4, -0.2) is 12.2 Å². The van der Waals surface area contributed by atoms with E-state index in [1.54, 1.807) is 13.2 Å². The molecule has 0 saturated heterocycles. The largest absolute Gasteiger partial charge is 0.496 e. The van der Waals surface area contributed by atoms with Gasteiger partial charge >= 0.3 is 0 Å². The molecule has 2 nitrogen and oxygen atoms in total. The molecule has 1 unspecified atom stereocenters. The molecule has 0 aliphatic heterocycles. The zero-order valence-corrected chi connectivity index (χ0v) is 11.1. The molecule has 0 aromatic heterocycles. The Morgan fingerprint density at radius 2 is 2.00 bits per heavy atom. The normalized spacial score (nSPS) is 20.2. The smallest absolute Gasteiger partial charge is 0.124 e. The fraction of sp³-hybridized carbons (Fsp3) is 0.571. The third-order valence-corrected chi connectivity index (χ3v) is 4.13. The summed E-state index contributed by atoms with van der Waals surface area (Å²) in [5.41, 5.74) is 0.766. The number of rotatable bonds is 3. The van der Waals surface area contributed by atoms with Gasteiger partial charge < -0.3 is 9.84 Å². The van der Waals surface area contributed by atoms with Gasteiger partial charge in [0, 0.05) is 10.6 Å². The van der Waals surface area contributed by atoms with Crippen molar-refractivity contribution in [2.75, 3.05) is 7.11 Å². The van der Waals surface area contributed by atoms with Gasteiger partial charge in [-0.05, 0) is 36.5 Å². The lowest BCUT2D eigenvalue weighted by atomic mass is 9.79. The van der Waals surface area contributed by atoms with Gasteiger partial charge in [0.2, 0.25) is 0 Å². The minimum atomic E-state index is -0.501. The van der Waals surface area contributed by atoms with Crippen molar-refractivity contribution < 1.29 is 9.84 Å². The first-order valence-electron chi connectivity index (χ1n) is 6.08. The summed E-state index contributed by atoms with van der Waals surface area (Å²) in [4.78, 5) is 0. The molecule has 2 rings (SSSR count). The highest BCUT2D eigenvalue weighted by Crippen LogP contribution is 2.49. The fourth-order valence-corrected chi connectivity index (χ4v) is 2.93. The Morgan fingerprint density at radius 1 is 1.35 bits per heavy atom. The van der Waals surface area contributed by atoms with E-state index in [-0.39, 0.29) is 5.41 Å². The van der Waals surface area contributed by atoms with Crippen LogP contribution in [0.4, 0.5) is 0 Å². The monoisotopic (exact) mass is 254 g/mol. The first-order chi connectivity index (χ1) is 8.07. The first-order valence-corrected chi connectivity index (χ1v) is 6.46. The topological polar surface area (TPSA) is 29.5 Å². The highest BCUT2D eigenvalue weighted by atomic mass is 35.5. The number of ether oxygens (including phenoxy) is 1. The Labute approximate surface area is 108 Å². The van der Waals surface area contributed by atoms with E-state index in [0.717, 1.165) is 24.2 Å². The van der Waals surface area contributed by atoms with E-state index in [9.17, 15) is 5.11 Å². The number of halogens is 1. The quantitative estimate of drug-likeness (QED) is 0.885. The lowest BCUT2D eigenvalue weighted by Gasteiger charge is -2.31. The predicted octanol–water partition coefficient (Wildman–Crippen LogP) is 3.96. The summed E-state index contributed by atoms with van der Waals surface area (Å²) in [5.74, 6) is 0.718. The van der Waals surface area contributed by atoms with Crippen LogP contribution >= 0.6 is 11.6 Å². The number of aliphatic hydroxyl groups is 1. The molecular formula is C14H19ClO2. The summed E-state index contributed by atoms with van der Waals surface area (Å²) in [5, 5.41) is 11.2. The third-order valence-electron chi connectivity index (χ3n) is 3.89. The van der Waals surface area contributed by atoms with Crippen LogP contribution in [0.3, 0.4) is 0 Å². The van der Waals surface area contributed by atoms with Crippen LogP contribution < -0.4 is 4.74 Å². The second-order valence-electron chi connectivity index (χ2n) is 5.15. The van der Waals surface area contributed by atoms with Crippen molar-refractivity contribution in [3.63, 3.8) is 0 Å². The Balaban J connectivity index is 2.35. The molecule has 17 heavy (non-hydrogen) atoms. The van der Waals surface area contributed by atoms with E-state index in [4.69, 9.17) is 16.3 Å². The van der Waals surface area contributed by atoms with E-state index in [2.05, 4.69) is 6.92 Å². The molecule has 1 atom stereocenters. The zero-order valence-electron chi connectivity index (χ0n) is 10.4. The Morgan fingerprint density at radius 3 is 2.59 bits per heavy atom. The zero-order chi connectivity index (χ0) is 12.5. The summed E-state index contributed by atoms with van der Waals surface area (Å²) in [7, 11) is 1.62. The van der Waals surface area contributed by atoms with Crippen molar-refractivity contribution in [2.24, 2.45) is 5.41 Å². The van der Waals surface area contributed by atoms with E-state index < -0.39 is 6.10 Å². The van der Waals surface area contributed by atoms with Crippen LogP contribution in [0.25, 0.3) is 0 Å². The van der Waals surface area contributed by atoms with Crippen LogP contribution in [0, 0.1) is 5.41 Å². The second kappa shape index (κ2) is 4.87. The second-order valence-corrected chi connectivity index (χ2v) is 5.59. The fourth-order valence-electron chi connectivity index (χ4n) is 2.75. The lowest BCUT2D eigenvalue weighted by molar-refractivity contribution is 0.0389. The molecule has 94 valence electrons. The Kier molecular flexibility index (Phi) is 3.64. The van der Waals surface area contributed by atoms with Crippen molar-refractivity contribution in [3.05, 3.63) is 28.8 Å². The SMILES string of the molecule is COc1ccc(Cl)cc1C(O)C1(C)CCCC1. The van der Waals surface area contributed by atoms with Gasteiger partial charge in [-0.15, -0.1) is 0 Å². The van der Waals surface area contributed by atoms with Gasteiger partial charge in [-0.2, -0.15) is 0 Å². The van der Waals surface area contributed by atoms with E-state index in [1.807, 2.05) is 12.1 Å². The summed E-state index contributed by atoms with van der Waals surface area (Å²) in [6.07, 6.45) is 4.00. The molecule has 1 aliphatic rings. The maximum absolute atomic E-state index is 10.6. The number of methoxy groups -OCH3 is 1. The van der Waals surface area contributed by atoms with Gasteiger partial charge in [-0.25, -0.2) is 0 Å². The number of hydrogen-bond acceptors (Lipinski definition) is 2. The van der Waals surface area contributed by atoms with Gasteiger partial charge in [0.05, 0.1) is 13.2 Å². The van der Waals surface area contributed by atoms with Crippen molar-refractivity contribution in [1.29, 1.82) is 0 Å². The van der Waals surface area contributed by atoms with Gasteiger partial charge in [-0.1, -0.05) is 31.4 Å². The molecule has 1 aliphatic carbocycles. The van der Waals surface area contributed by atoms with E-state index >= 15 is 0 Å². The molecule has 0 radical (unpaired) electrons. The third kappa shape index (κ3) is 2.43. The van der Waals surface area contributed by atoms with E-state index in [0.29, 0.717) is 5.02 Å². The van der Waals surface area contributed by atoms with Crippen molar-refractivity contribution in [2.45, 2.75) is 38.7 Å². The molecule has 1 aromatic rings. The van der Waals surface area contributed by atoms with Gasteiger partial charge in [0.15, 0.2) is 0 Å². The van der Waals surface area contributed by atoms with E-state index in [1.165, 1.54) is 12.8 Å². The van der Waals surface area contributed by atoms with Crippen molar-refractivity contribution in [3.8, 4) is 5.75 Å². The molecule has 3 heteroatoms. The summed E-state index contributed by atoms with van der Waals surface area (Å²) >= 11 is 6.00.